The Balaban J connectivity index is 1.36. The summed E-state index contributed by atoms with van der Waals surface area (Å²) < 4.78 is 5.77. The second-order valence-corrected chi connectivity index (χ2v) is 7.93. The maximum atomic E-state index is 12.5. The van der Waals surface area contributed by atoms with Crippen LogP contribution in [0.3, 0.4) is 0 Å². The number of nitrogens with zero attached hydrogens (tertiary/aromatic N) is 2. The van der Waals surface area contributed by atoms with Crippen LogP contribution in [-0.2, 0) is 9.53 Å². The Hall–Kier alpha value is -2.11. The van der Waals surface area contributed by atoms with E-state index < -0.39 is 0 Å². The van der Waals surface area contributed by atoms with Crippen LogP contribution in [0.15, 0.2) is 42.6 Å². The Kier molecular flexibility index (Phi) is 5.06. The van der Waals surface area contributed by atoms with Gasteiger partial charge in [-0.1, -0.05) is 29.8 Å². The molecule has 2 fully saturated rings. The van der Waals surface area contributed by atoms with Gasteiger partial charge in [-0.3, -0.25) is 4.79 Å². The topological polar surface area (TPSA) is 54.5 Å². The summed E-state index contributed by atoms with van der Waals surface area (Å²) in [6.45, 7) is 5.79. The molecule has 4 rings (SSSR count). The lowest BCUT2D eigenvalue weighted by Gasteiger charge is -2.36. The molecular weight excluding hydrogens is 362 g/mol. The van der Waals surface area contributed by atoms with E-state index in [9.17, 15) is 4.79 Å². The average molecular weight is 386 g/mol. The Morgan fingerprint density at radius 1 is 1.19 bits per heavy atom. The molecule has 1 aromatic heterocycles. The standard InChI is InChI=1S/C21H24ClN3O2/c1-13-11-25(12-14(2)27-13)20-8-7-15(10-23-20)24-21(26)18-9-17(18)16-5-3-4-6-19(16)22/h3-8,10,13-14,17-18H,9,11-12H2,1-2H3,(H,24,26). The minimum atomic E-state index is -0.0227. The van der Waals surface area contributed by atoms with Crippen LogP contribution in [0.25, 0.3) is 0 Å². The number of nitrogens with one attached hydrogen (secondary N) is 1. The zero-order valence-electron chi connectivity index (χ0n) is 15.6. The van der Waals surface area contributed by atoms with E-state index in [1.165, 1.54) is 0 Å². The highest BCUT2D eigenvalue weighted by Crippen LogP contribution is 2.50. The molecule has 2 heterocycles. The molecule has 0 spiro atoms. The molecule has 142 valence electrons. The van der Waals surface area contributed by atoms with Crippen molar-refractivity contribution in [2.75, 3.05) is 23.3 Å². The second-order valence-electron chi connectivity index (χ2n) is 7.53. The van der Waals surface area contributed by atoms with Crippen molar-refractivity contribution in [3.63, 3.8) is 0 Å². The molecule has 1 N–H and O–H groups in total. The van der Waals surface area contributed by atoms with E-state index in [0.29, 0.717) is 0 Å². The summed E-state index contributed by atoms with van der Waals surface area (Å²) >= 11 is 6.25. The molecule has 1 aliphatic carbocycles. The van der Waals surface area contributed by atoms with Gasteiger partial charge in [0.25, 0.3) is 0 Å². The monoisotopic (exact) mass is 385 g/mol. The van der Waals surface area contributed by atoms with Crippen LogP contribution < -0.4 is 10.2 Å². The summed E-state index contributed by atoms with van der Waals surface area (Å²) in [5, 5.41) is 3.72. The van der Waals surface area contributed by atoms with Crippen molar-refractivity contribution in [1.82, 2.24) is 4.98 Å². The highest BCUT2D eigenvalue weighted by molar-refractivity contribution is 6.31. The number of aromatic nitrogens is 1. The van der Waals surface area contributed by atoms with Gasteiger partial charge < -0.3 is 15.0 Å². The van der Waals surface area contributed by atoms with Gasteiger partial charge >= 0.3 is 0 Å². The van der Waals surface area contributed by atoms with Crippen LogP contribution >= 0.6 is 11.6 Å². The smallest absolute Gasteiger partial charge is 0.228 e. The summed E-state index contributed by atoms with van der Waals surface area (Å²) in [5.74, 6) is 1.13. The number of benzene rings is 1. The van der Waals surface area contributed by atoms with Crippen LogP contribution in [0.5, 0.6) is 0 Å². The fraction of sp³-hybridized carbons (Fsp3) is 0.429. The van der Waals surface area contributed by atoms with Crippen LogP contribution in [0.2, 0.25) is 5.02 Å². The van der Waals surface area contributed by atoms with Crippen LogP contribution in [0, 0.1) is 5.92 Å². The molecule has 1 saturated heterocycles. The molecule has 1 saturated carbocycles. The Morgan fingerprint density at radius 3 is 2.59 bits per heavy atom. The van der Waals surface area contributed by atoms with Gasteiger partial charge in [0.15, 0.2) is 0 Å². The van der Waals surface area contributed by atoms with Gasteiger partial charge in [-0.25, -0.2) is 4.98 Å². The first-order chi connectivity index (χ1) is 13.0. The van der Waals surface area contributed by atoms with Gasteiger partial charge in [0, 0.05) is 24.0 Å². The van der Waals surface area contributed by atoms with Crippen molar-refractivity contribution in [1.29, 1.82) is 0 Å². The van der Waals surface area contributed by atoms with Gasteiger partial charge in [-0.15, -0.1) is 0 Å². The van der Waals surface area contributed by atoms with Crippen LogP contribution in [0.4, 0.5) is 11.5 Å². The van der Waals surface area contributed by atoms with Crippen molar-refractivity contribution >= 4 is 29.0 Å². The van der Waals surface area contributed by atoms with Gasteiger partial charge in [0.1, 0.15) is 5.82 Å². The summed E-state index contributed by atoms with van der Waals surface area (Å²) in [5.41, 5.74) is 1.78. The molecule has 6 heteroatoms. The molecule has 2 aliphatic rings. The third kappa shape index (κ3) is 4.09. The first-order valence-electron chi connectivity index (χ1n) is 9.43. The molecule has 1 aromatic carbocycles. The SMILES string of the molecule is CC1CN(c2ccc(NC(=O)C3CC3c3ccccc3Cl)cn2)CC(C)O1. The van der Waals surface area contributed by atoms with Crippen LogP contribution in [-0.4, -0.2) is 36.2 Å². The number of halogens is 1. The van der Waals surface area contributed by atoms with Crippen molar-refractivity contribution in [2.45, 2.75) is 38.4 Å². The lowest BCUT2D eigenvalue weighted by Crippen LogP contribution is -2.45. The number of pyridine rings is 1. The number of rotatable bonds is 4. The minimum absolute atomic E-state index is 0.0227. The van der Waals surface area contributed by atoms with Crippen molar-refractivity contribution < 1.29 is 9.53 Å². The van der Waals surface area contributed by atoms with Crippen molar-refractivity contribution in [2.24, 2.45) is 5.92 Å². The van der Waals surface area contributed by atoms with Crippen molar-refractivity contribution in [3.8, 4) is 0 Å². The number of anilines is 2. The number of carbonyl (C=O) groups excluding carboxylic acids is 1. The number of carbonyl (C=O) groups is 1. The number of amides is 1. The highest BCUT2D eigenvalue weighted by atomic mass is 35.5. The molecule has 1 amide bonds. The van der Waals surface area contributed by atoms with E-state index in [0.717, 1.165) is 41.6 Å². The summed E-state index contributed by atoms with van der Waals surface area (Å²) in [7, 11) is 0. The maximum absolute atomic E-state index is 12.5. The fourth-order valence-corrected chi connectivity index (χ4v) is 4.13. The van der Waals surface area contributed by atoms with E-state index in [4.69, 9.17) is 16.3 Å². The lowest BCUT2D eigenvalue weighted by atomic mass is 10.1. The number of morpholine rings is 1. The molecule has 5 nitrogen and oxygen atoms in total. The predicted octanol–water partition coefficient (Wildman–Crippen LogP) is 4.09. The van der Waals surface area contributed by atoms with E-state index in [1.54, 1.807) is 6.20 Å². The van der Waals surface area contributed by atoms with E-state index in [1.807, 2.05) is 36.4 Å². The number of ether oxygens (including phenoxy) is 1. The molecule has 27 heavy (non-hydrogen) atoms. The van der Waals surface area contributed by atoms with E-state index in [2.05, 4.69) is 29.0 Å². The molecule has 4 unspecified atom stereocenters. The molecule has 0 radical (unpaired) electrons. The van der Waals surface area contributed by atoms with E-state index >= 15 is 0 Å². The summed E-state index contributed by atoms with van der Waals surface area (Å²) in [6.07, 6.45) is 2.94. The molecule has 1 aliphatic heterocycles. The Morgan fingerprint density at radius 2 is 1.93 bits per heavy atom. The highest BCUT2D eigenvalue weighted by Gasteiger charge is 2.44. The normalized spacial score (nSPS) is 27.3. The molecular formula is C21H24ClN3O2. The number of hydrogen-bond donors (Lipinski definition) is 1. The Labute approximate surface area is 164 Å². The van der Waals surface area contributed by atoms with Gasteiger partial charge in [0.05, 0.1) is 24.1 Å². The van der Waals surface area contributed by atoms with Crippen molar-refractivity contribution in [3.05, 3.63) is 53.2 Å². The summed E-state index contributed by atoms with van der Waals surface area (Å²) in [6, 6.07) is 11.6. The third-order valence-corrected chi connectivity index (χ3v) is 5.54. The van der Waals surface area contributed by atoms with Gasteiger partial charge in [0.2, 0.25) is 5.91 Å². The van der Waals surface area contributed by atoms with Crippen LogP contribution in [0.1, 0.15) is 31.7 Å². The maximum Gasteiger partial charge on any atom is 0.228 e. The van der Waals surface area contributed by atoms with Gasteiger partial charge in [-0.2, -0.15) is 0 Å². The molecule has 4 atom stereocenters. The minimum Gasteiger partial charge on any atom is -0.372 e. The molecule has 2 aromatic rings. The predicted molar refractivity (Wildman–Crippen MR) is 107 cm³/mol. The lowest BCUT2D eigenvalue weighted by molar-refractivity contribution is -0.117. The molecule has 0 bridgehead atoms. The number of hydrogen-bond acceptors (Lipinski definition) is 4. The van der Waals surface area contributed by atoms with E-state index in [-0.39, 0.29) is 30.0 Å². The zero-order chi connectivity index (χ0) is 19.0. The first-order valence-corrected chi connectivity index (χ1v) is 9.81. The zero-order valence-corrected chi connectivity index (χ0v) is 16.3. The first kappa shape index (κ1) is 18.3. The quantitative estimate of drug-likeness (QED) is 0.861. The second kappa shape index (κ2) is 7.49. The average Bonchev–Trinajstić information content (AvgIpc) is 3.42. The fourth-order valence-electron chi connectivity index (χ4n) is 3.85. The third-order valence-electron chi connectivity index (χ3n) is 5.19. The summed E-state index contributed by atoms with van der Waals surface area (Å²) in [4.78, 5) is 19.3. The largest absolute Gasteiger partial charge is 0.372 e. The van der Waals surface area contributed by atoms with Gasteiger partial charge in [-0.05, 0) is 49.9 Å². The Bertz CT molecular complexity index is 816.